The predicted molar refractivity (Wildman–Crippen MR) is 133 cm³/mol. The van der Waals surface area contributed by atoms with E-state index in [0.717, 1.165) is 29.7 Å². The molecule has 1 saturated carbocycles. The van der Waals surface area contributed by atoms with Crippen LogP contribution in [0.2, 0.25) is 0 Å². The smallest absolute Gasteiger partial charge is 0.263 e. The van der Waals surface area contributed by atoms with Crippen LogP contribution >= 0.6 is 0 Å². The molecule has 7 nitrogen and oxygen atoms in total. The third-order valence-corrected chi connectivity index (χ3v) is 7.12. The van der Waals surface area contributed by atoms with Crippen LogP contribution in [0.5, 0.6) is 0 Å². The number of nitrogen functional groups attached to an aromatic ring is 1. The van der Waals surface area contributed by atoms with Crippen LogP contribution in [0.25, 0.3) is 27.7 Å². The number of pyridine rings is 1. The van der Waals surface area contributed by atoms with E-state index in [1.807, 2.05) is 24.3 Å². The summed E-state index contributed by atoms with van der Waals surface area (Å²) in [6.07, 6.45) is 3.86. The second-order valence-electron chi connectivity index (χ2n) is 9.54. The highest BCUT2D eigenvalue weighted by atomic mass is 16.3. The van der Waals surface area contributed by atoms with Gasteiger partial charge in [-0.05, 0) is 55.0 Å². The van der Waals surface area contributed by atoms with E-state index in [1.54, 1.807) is 10.6 Å². The largest absolute Gasteiger partial charge is 0.392 e. The summed E-state index contributed by atoms with van der Waals surface area (Å²) < 4.78 is 1.80. The Labute approximate surface area is 197 Å². The van der Waals surface area contributed by atoms with Gasteiger partial charge in [-0.25, -0.2) is 9.97 Å². The summed E-state index contributed by atoms with van der Waals surface area (Å²) in [7, 11) is 2.09. The van der Waals surface area contributed by atoms with Gasteiger partial charge < -0.3 is 15.7 Å². The molecule has 3 heterocycles. The van der Waals surface area contributed by atoms with Crippen LogP contribution in [0.4, 0.5) is 5.82 Å². The maximum atomic E-state index is 14.0. The molecule has 0 amide bonds. The van der Waals surface area contributed by atoms with Gasteiger partial charge in [-0.1, -0.05) is 24.3 Å². The van der Waals surface area contributed by atoms with Gasteiger partial charge in [0.2, 0.25) is 0 Å². The molecule has 4 aromatic rings. The number of aliphatic hydroxyl groups is 1. The van der Waals surface area contributed by atoms with Crippen molar-refractivity contribution in [1.29, 1.82) is 0 Å². The van der Waals surface area contributed by atoms with Gasteiger partial charge >= 0.3 is 0 Å². The van der Waals surface area contributed by atoms with Crippen LogP contribution in [0.3, 0.4) is 0 Å². The summed E-state index contributed by atoms with van der Waals surface area (Å²) in [4.78, 5) is 24.5. The van der Waals surface area contributed by atoms with Crippen molar-refractivity contribution in [3.8, 4) is 16.9 Å². The SMILES string of the molecule is CN1CC(c2cc3cc(C4CC4)ccc3c(=O)n2-c2cccc(-c3cc(N)ncn3)c2CO)C1. The molecule has 1 saturated heterocycles. The van der Waals surface area contributed by atoms with Crippen LogP contribution in [0, 0.1) is 0 Å². The molecule has 2 aromatic heterocycles. The van der Waals surface area contributed by atoms with E-state index in [2.05, 4.69) is 40.1 Å². The number of nitrogens with zero attached hydrogens (tertiary/aromatic N) is 4. The molecule has 7 heteroatoms. The maximum absolute atomic E-state index is 14.0. The molecular formula is C27H27N5O2. The molecule has 2 aromatic carbocycles. The fourth-order valence-electron chi connectivity index (χ4n) is 5.17. The number of aromatic nitrogens is 3. The third kappa shape index (κ3) is 3.48. The van der Waals surface area contributed by atoms with E-state index in [-0.39, 0.29) is 18.1 Å². The topological polar surface area (TPSA) is 97.3 Å². The van der Waals surface area contributed by atoms with Crippen molar-refractivity contribution in [1.82, 2.24) is 19.4 Å². The van der Waals surface area contributed by atoms with Gasteiger partial charge in [0.1, 0.15) is 12.1 Å². The average Bonchev–Trinajstić information content (AvgIpc) is 3.67. The van der Waals surface area contributed by atoms with Crippen LogP contribution in [-0.2, 0) is 6.61 Å². The van der Waals surface area contributed by atoms with Gasteiger partial charge in [0.25, 0.3) is 5.56 Å². The van der Waals surface area contributed by atoms with E-state index in [1.165, 1.54) is 24.7 Å². The quantitative estimate of drug-likeness (QED) is 0.481. The molecular weight excluding hydrogens is 426 g/mol. The lowest BCUT2D eigenvalue weighted by Crippen LogP contribution is -2.44. The molecule has 1 aliphatic carbocycles. The Balaban J connectivity index is 1.60. The molecule has 1 aliphatic heterocycles. The first-order valence-corrected chi connectivity index (χ1v) is 11.7. The molecule has 172 valence electrons. The van der Waals surface area contributed by atoms with Gasteiger partial charge in [-0.2, -0.15) is 0 Å². The monoisotopic (exact) mass is 453 g/mol. The molecule has 0 unspecified atom stereocenters. The molecule has 6 rings (SSSR count). The molecule has 34 heavy (non-hydrogen) atoms. The standard InChI is InChI=1S/C27H27N5O2/c1-31-12-19(13-31)25-10-18-9-17(16-5-6-16)7-8-20(18)27(34)32(25)24-4-2-3-21(22(24)14-33)23-11-26(28)30-15-29-23/h2-4,7-11,15-16,19,33H,5-6,12-14H2,1H3,(H2,28,29,30). The highest BCUT2D eigenvalue weighted by Crippen LogP contribution is 2.41. The summed E-state index contributed by atoms with van der Waals surface area (Å²) in [5, 5.41) is 12.1. The number of likely N-dealkylation sites (tertiary alicyclic amines) is 1. The molecule has 0 radical (unpaired) electrons. The highest BCUT2D eigenvalue weighted by molar-refractivity contribution is 5.84. The van der Waals surface area contributed by atoms with Crippen molar-refractivity contribution in [2.24, 2.45) is 0 Å². The molecule has 0 bridgehead atoms. The van der Waals surface area contributed by atoms with Gasteiger partial charge in [0.15, 0.2) is 0 Å². The first-order chi connectivity index (χ1) is 16.5. The Morgan fingerprint density at radius 1 is 1.06 bits per heavy atom. The molecule has 2 fully saturated rings. The van der Waals surface area contributed by atoms with Crippen LogP contribution in [0.1, 0.15) is 41.5 Å². The van der Waals surface area contributed by atoms with Crippen LogP contribution < -0.4 is 11.3 Å². The number of nitrogens with two attached hydrogens (primary N) is 1. The lowest BCUT2D eigenvalue weighted by molar-refractivity contribution is 0.185. The normalized spacial score (nSPS) is 16.6. The average molecular weight is 454 g/mol. The Bertz CT molecular complexity index is 1470. The molecule has 2 aliphatic rings. The van der Waals surface area contributed by atoms with E-state index in [9.17, 15) is 9.90 Å². The zero-order valence-electron chi connectivity index (χ0n) is 19.1. The lowest BCUT2D eigenvalue weighted by atomic mass is 9.93. The lowest BCUT2D eigenvalue weighted by Gasteiger charge is -2.38. The number of hydrogen-bond acceptors (Lipinski definition) is 6. The third-order valence-electron chi connectivity index (χ3n) is 7.12. The Kier molecular flexibility index (Phi) is 4.97. The maximum Gasteiger partial charge on any atom is 0.263 e. The van der Waals surface area contributed by atoms with Crippen LogP contribution in [-0.4, -0.2) is 44.7 Å². The Morgan fingerprint density at radius 2 is 1.88 bits per heavy atom. The van der Waals surface area contributed by atoms with E-state index in [0.29, 0.717) is 34.1 Å². The zero-order valence-corrected chi connectivity index (χ0v) is 19.1. The number of anilines is 1. The molecule has 3 N–H and O–H groups in total. The van der Waals surface area contributed by atoms with Crippen molar-refractivity contribution in [2.75, 3.05) is 25.9 Å². The van der Waals surface area contributed by atoms with E-state index >= 15 is 0 Å². The first kappa shape index (κ1) is 21.0. The van der Waals surface area contributed by atoms with Crippen molar-refractivity contribution >= 4 is 16.6 Å². The second kappa shape index (κ2) is 8.04. The van der Waals surface area contributed by atoms with Crippen molar-refractivity contribution < 1.29 is 5.11 Å². The summed E-state index contributed by atoms with van der Waals surface area (Å²) in [5.74, 6) is 1.23. The van der Waals surface area contributed by atoms with Gasteiger partial charge in [0, 0.05) is 47.3 Å². The number of hydrogen-bond donors (Lipinski definition) is 2. The summed E-state index contributed by atoms with van der Waals surface area (Å²) in [6.45, 7) is 1.55. The fraction of sp³-hybridized carbons (Fsp3) is 0.296. The number of rotatable bonds is 5. The van der Waals surface area contributed by atoms with E-state index < -0.39 is 0 Å². The summed E-state index contributed by atoms with van der Waals surface area (Å²) >= 11 is 0. The minimum atomic E-state index is -0.232. The van der Waals surface area contributed by atoms with Gasteiger partial charge in [0.05, 0.1) is 18.0 Å². The molecule has 0 spiro atoms. The van der Waals surface area contributed by atoms with Crippen molar-refractivity contribution in [3.05, 3.63) is 82.0 Å². The number of aliphatic hydroxyl groups excluding tert-OH is 1. The minimum absolute atomic E-state index is 0.0570. The predicted octanol–water partition coefficient (Wildman–Crippen LogP) is 3.43. The van der Waals surface area contributed by atoms with Gasteiger partial charge in [-0.15, -0.1) is 0 Å². The number of benzene rings is 2. The van der Waals surface area contributed by atoms with E-state index in [4.69, 9.17) is 5.73 Å². The Morgan fingerprint density at radius 3 is 2.59 bits per heavy atom. The number of likely N-dealkylation sites (N-methyl/N-ethyl adjacent to an activating group) is 1. The Hall–Kier alpha value is -3.55. The highest BCUT2D eigenvalue weighted by Gasteiger charge is 2.30. The summed E-state index contributed by atoms with van der Waals surface area (Å²) in [6, 6.07) is 15.8. The fourth-order valence-corrected chi connectivity index (χ4v) is 5.17. The van der Waals surface area contributed by atoms with Gasteiger partial charge in [-0.3, -0.25) is 9.36 Å². The molecule has 0 atom stereocenters. The zero-order chi connectivity index (χ0) is 23.4. The van der Waals surface area contributed by atoms with Crippen molar-refractivity contribution in [3.63, 3.8) is 0 Å². The van der Waals surface area contributed by atoms with Crippen molar-refractivity contribution in [2.45, 2.75) is 31.3 Å². The summed E-state index contributed by atoms with van der Waals surface area (Å²) in [5.41, 5.74) is 10.8. The van der Waals surface area contributed by atoms with Crippen LogP contribution in [0.15, 0.2) is 59.7 Å². The minimum Gasteiger partial charge on any atom is -0.392 e. The second-order valence-corrected chi connectivity index (χ2v) is 9.54. The number of fused-ring (bicyclic) bond motifs is 1. The first-order valence-electron chi connectivity index (χ1n) is 11.7.